The average Bonchev–Trinajstić information content (AvgIpc) is 2.05. The van der Waals surface area contributed by atoms with Crippen molar-refractivity contribution in [1.29, 1.82) is 0 Å². The van der Waals surface area contributed by atoms with E-state index < -0.39 is 0 Å². The summed E-state index contributed by atoms with van der Waals surface area (Å²) in [5.74, 6) is 0.200. The third kappa shape index (κ3) is 2.19. The Morgan fingerprint density at radius 1 is 1.75 bits per heavy atom. The van der Waals surface area contributed by atoms with E-state index in [-0.39, 0.29) is 5.91 Å². The summed E-state index contributed by atoms with van der Waals surface area (Å²) in [5.41, 5.74) is 0. The Hall–Kier alpha value is -0.610. The third-order valence-corrected chi connectivity index (χ3v) is 2.15. The molecule has 0 spiro atoms. The molecule has 1 fully saturated rings. The molecular formula is C8H17N3O. The summed E-state index contributed by atoms with van der Waals surface area (Å²) < 4.78 is 0. The highest BCUT2D eigenvalue weighted by Crippen LogP contribution is 2.01. The van der Waals surface area contributed by atoms with Gasteiger partial charge in [-0.25, -0.2) is 0 Å². The minimum Gasteiger partial charge on any atom is -0.336 e. The van der Waals surface area contributed by atoms with Crippen molar-refractivity contribution in [2.75, 3.05) is 33.2 Å². The molecule has 0 unspecified atom stereocenters. The van der Waals surface area contributed by atoms with Crippen molar-refractivity contribution in [3.63, 3.8) is 0 Å². The topological polar surface area (TPSA) is 44.4 Å². The molecular weight excluding hydrogens is 154 g/mol. The fourth-order valence-electron chi connectivity index (χ4n) is 1.46. The van der Waals surface area contributed by atoms with Crippen molar-refractivity contribution in [3.8, 4) is 0 Å². The van der Waals surface area contributed by atoms with Gasteiger partial charge in [-0.1, -0.05) is 0 Å². The summed E-state index contributed by atoms with van der Waals surface area (Å²) in [4.78, 5) is 13.4. The van der Waals surface area contributed by atoms with Gasteiger partial charge in [-0.3, -0.25) is 4.79 Å². The van der Waals surface area contributed by atoms with Crippen molar-refractivity contribution in [3.05, 3.63) is 0 Å². The quantitative estimate of drug-likeness (QED) is 0.561. The van der Waals surface area contributed by atoms with Crippen molar-refractivity contribution in [2.45, 2.75) is 13.0 Å². The molecule has 0 aromatic carbocycles. The number of hydrogen-bond donors (Lipinski definition) is 2. The lowest BCUT2D eigenvalue weighted by atomic mass is 10.2. The van der Waals surface area contributed by atoms with E-state index in [1.165, 1.54) is 0 Å². The first-order valence-electron chi connectivity index (χ1n) is 4.40. The number of likely N-dealkylation sites (N-methyl/N-ethyl adjacent to an activating group) is 1. The van der Waals surface area contributed by atoms with Crippen LogP contribution in [0.15, 0.2) is 0 Å². The molecule has 1 rings (SSSR count). The number of nitrogens with one attached hydrogen (secondary N) is 2. The van der Waals surface area contributed by atoms with Gasteiger partial charge in [-0.15, -0.1) is 0 Å². The van der Waals surface area contributed by atoms with Gasteiger partial charge >= 0.3 is 0 Å². The molecule has 70 valence electrons. The highest BCUT2D eigenvalue weighted by Gasteiger charge is 2.21. The predicted octanol–water partition coefficient (Wildman–Crippen LogP) is -0.974. The summed E-state index contributed by atoms with van der Waals surface area (Å²) >= 11 is 0. The highest BCUT2D eigenvalue weighted by molar-refractivity contribution is 5.78. The summed E-state index contributed by atoms with van der Waals surface area (Å²) in [7, 11) is 1.80. The Balaban J connectivity index is 2.42. The fraction of sp³-hybridized carbons (Fsp3) is 0.875. The maximum atomic E-state index is 11.4. The monoisotopic (exact) mass is 171 g/mol. The normalized spacial score (nSPS) is 24.2. The number of carbonyl (C=O) groups is 1. The van der Waals surface area contributed by atoms with Crippen LogP contribution in [0.3, 0.4) is 0 Å². The molecule has 4 nitrogen and oxygen atoms in total. The zero-order chi connectivity index (χ0) is 8.97. The molecule has 1 amide bonds. The minimum absolute atomic E-state index is 0.200. The summed E-state index contributed by atoms with van der Waals surface area (Å²) in [5, 5.41) is 6.12. The van der Waals surface area contributed by atoms with Crippen molar-refractivity contribution in [1.82, 2.24) is 15.5 Å². The van der Waals surface area contributed by atoms with Crippen LogP contribution in [0.5, 0.6) is 0 Å². The number of carbonyl (C=O) groups excluding carboxylic acids is 1. The van der Waals surface area contributed by atoms with Gasteiger partial charge in [0, 0.05) is 25.7 Å². The van der Waals surface area contributed by atoms with E-state index in [9.17, 15) is 4.79 Å². The number of amides is 1. The number of piperazine rings is 1. The van der Waals surface area contributed by atoms with Crippen LogP contribution in [-0.4, -0.2) is 50.1 Å². The maximum absolute atomic E-state index is 11.4. The SMILES string of the molecule is CNCC(=O)N1CCNC[C@H]1C. The van der Waals surface area contributed by atoms with Crippen molar-refractivity contribution in [2.24, 2.45) is 0 Å². The second kappa shape index (κ2) is 4.42. The molecule has 0 radical (unpaired) electrons. The smallest absolute Gasteiger partial charge is 0.236 e. The maximum Gasteiger partial charge on any atom is 0.236 e. The van der Waals surface area contributed by atoms with E-state index in [0.717, 1.165) is 19.6 Å². The van der Waals surface area contributed by atoms with Gasteiger partial charge in [-0.05, 0) is 14.0 Å². The fourth-order valence-corrected chi connectivity index (χ4v) is 1.46. The van der Waals surface area contributed by atoms with Gasteiger partial charge < -0.3 is 15.5 Å². The van der Waals surface area contributed by atoms with Gasteiger partial charge in [0.15, 0.2) is 0 Å². The third-order valence-electron chi connectivity index (χ3n) is 2.15. The molecule has 0 bridgehead atoms. The number of nitrogens with zero attached hydrogens (tertiary/aromatic N) is 1. The highest BCUT2D eigenvalue weighted by atomic mass is 16.2. The minimum atomic E-state index is 0.200. The summed E-state index contributed by atoms with van der Waals surface area (Å²) in [6.07, 6.45) is 0. The van der Waals surface area contributed by atoms with Crippen LogP contribution < -0.4 is 10.6 Å². The molecule has 1 aliphatic heterocycles. The predicted molar refractivity (Wildman–Crippen MR) is 48.0 cm³/mol. The van der Waals surface area contributed by atoms with Crippen molar-refractivity contribution >= 4 is 5.91 Å². The Kier molecular flexibility index (Phi) is 3.49. The molecule has 0 saturated carbocycles. The lowest BCUT2D eigenvalue weighted by Crippen LogP contribution is -2.54. The van der Waals surface area contributed by atoms with Gasteiger partial charge in [0.2, 0.25) is 5.91 Å². The van der Waals surface area contributed by atoms with Crippen LogP contribution >= 0.6 is 0 Å². The molecule has 1 heterocycles. The van der Waals surface area contributed by atoms with E-state index in [2.05, 4.69) is 17.6 Å². The van der Waals surface area contributed by atoms with Gasteiger partial charge in [-0.2, -0.15) is 0 Å². The Morgan fingerprint density at radius 2 is 2.50 bits per heavy atom. The second-order valence-electron chi connectivity index (χ2n) is 3.17. The first kappa shape index (κ1) is 9.48. The van der Waals surface area contributed by atoms with Crippen LogP contribution in [-0.2, 0) is 4.79 Å². The summed E-state index contributed by atoms with van der Waals surface area (Å²) in [6, 6.07) is 0.333. The molecule has 2 N–H and O–H groups in total. The van der Waals surface area contributed by atoms with E-state index in [4.69, 9.17) is 0 Å². The number of rotatable bonds is 2. The van der Waals surface area contributed by atoms with Crippen LogP contribution in [0.1, 0.15) is 6.92 Å². The molecule has 12 heavy (non-hydrogen) atoms. The molecule has 1 saturated heterocycles. The zero-order valence-electron chi connectivity index (χ0n) is 7.76. The average molecular weight is 171 g/mol. The zero-order valence-corrected chi connectivity index (χ0v) is 7.76. The first-order valence-corrected chi connectivity index (χ1v) is 4.40. The molecule has 1 aliphatic rings. The largest absolute Gasteiger partial charge is 0.336 e. The number of hydrogen-bond acceptors (Lipinski definition) is 3. The van der Waals surface area contributed by atoms with Crippen LogP contribution in [0, 0.1) is 0 Å². The van der Waals surface area contributed by atoms with Crippen LogP contribution in [0.4, 0.5) is 0 Å². The van der Waals surface area contributed by atoms with E-state index in [1.807, 2.05) is 4.90 Å². The van der Waals surface area contributed by atoms with Crippen molar-refractivity contribution < 1.29 is 4.79 Å². The van der Waals surface area contributed by atoms with E-state index in [1.54, 1.807) is 7.05 Å². The lowest BCUT2D eigenvalue weighted by molar-refractivity contribution is -0.132. The van der Waals surface area contributed by atoms with E-state index >= 15 is 0 Å². The van der Waals surface area contributed by atoms with Gasteiger partial charge in [0.1, 0.15) is 0 Å². The molecule has 0 aromatic rings. The van der Waals surface area contributed by atoms with Crippen LogP contribution in [0.25, 0.3) is 0 Å². The Morgan fingerprint density at radius 3 is 3.08 bits per heavy atom. The standard InChI is InChI=1S/C8H17N3O/c1-7-5-10-3-4-11(7)8(12)6-9-2/h7,9-10H,3-6H2,1-2H3/t7-/m1/s1. The van der Waals surface area contributed by atoms with Gasteiger partial charge in [0.05, 0.1) is 6.54 Å². The summed E-state index contributed by atoms with van der Waals surface area (Å²) in [6.45, 7) is 5.18. The molecule has 0 aliphatic carbocycles. The lowest BCUT2D eigenvalue weighted by Gasteiger charge is -2.33. The van der Waals surface area contributed by atoms with Crippen LogP contribution in [0.2, 0.25) is 0 Å². The molecule has 0 aromatic heterocycles. The van der Waals surface area contributed by atoms with Gasteiger partial charge in [0.25, 0.3) is 0 Å². The first-order chi connectivity index (χ1) is 5.75. The Bertz CT molecular complexity index is 160. The second-order valence-corrected chi connectivity index (χ2v) is 3.17. The van der Waals surface area contributed by atoms with E-state index in [0.29, 0.717) is 12.6 Å². The molecule has 4 heteroatoms. The Labute approximate surface area is 73.3 Å². The molecule has 1 atom stereocenters.